The molecule has 2 aromatic carbocycles. The van der Waals surface area contributed by atoms with Gasteiger partial charge in [-0.2, -0.15) is 0 Å². The molecule has 2 amide bonds. The van der Waals surface area contributed by atoms with Crippen molar-refractivity contribution in [1.29, 1.82) is 0 Å². The number of hydrogen-bond acceptors (Lipinski definition) is 6. The van der Waals surface area contributed by atoms with Gasteiger partial charge in [-0.3, -0.25) is 14.5 Å². The van der Waals surface area contributed by atoms with Crippen LogP contribution in [0.4, 0.5) is 5.69 Å². The number of ether oxygens (including phenoxy) is 3. The first-order chi connectivity index (χ1) is 17.6. The molecule has 0 saturated heterocycles. The van der Waals surface area contributed by atoms with Gasteiger partial charge in [0.1, 0.15) is 18.4 Å². The number of amides is 2. The summed E-state index contributed by atoms with van der Waals surface area (Å²) in [6.45, 7) is 0.0533. The summed E-state index contributed by atoms with van der Waals surface area (Å²) >= 11 is 1.45. The Labute approximate surface area is 215 Å². The van der Waals surface area contributed by atoms with Crippen molar-refractivity contribution in [3.8, 4) is 17.2 Å². The van der Waals surface area contributed by atoms with E-state index in [2.05, 4.69) is 5.32 Å². The molecule has 1 aromatic heterocycles. The number of nitrogens with zero attached hydrogens (tertiary/aromatic N) is 1. The molecule has 1 fully saturated rings. The summed E-state index contributed by atoms with van der Waals surface area (Å²) in [4.78, 5) is 30.3. The predicted octanol–water partition coefficient (Wildman–Crippen LogP) is 5.12. The SMILES string of the molecule is COc1cccc(N(C(=O)[C@H]2COc3ccccc3O2)[C@H](C(=O)NC2CCCCC2)c2cccs2)c1. The second-order valence-electron chi connectivity index (χ2n) is 9.04. The number of rotatable bonds is 7. The summed E-state index contributed by atoms with van der Waals surface area (Å²) in [5.41, 5.74) is 0.555. The average Bonchev–Trinajstić information content (AvgIpc) is 3.46. The minimum absolute atomic E-state index is 0.0533. The largest absolute Gasteiger partial charge is 0.497 e. The Hall–Kier alpha value is -3.52. The van der Waals surface area contributed by atoms with E-state index >= 15 is 0 Å². The summed E-state index contributed by atoms with van der Waals surface area (Å²) < 4.78 is 17.4. The van der Waals surface area contributed by atoms with Crippen molar-refractivity contribution >= 4 is 28.8 Å². The Morgan fingerprint density at radius 3 is 2.58 bits per heavy atom. The molecule has 2 heterocycles. The van der Waals surface area contributed by atoms with E-state index in [9.17, 15) is 9.59 Å². The summed E-state index contributed by atoms with van der Waals surface area (Å²) in [6.07, 6.45) is 4.38. The number of para-hydroxylation sites is 2. The lowest BCUT2D eigenvalue weighted by molar-refractivity contribution is -0.132. The van der Waals surface area contributed by atoms with Gasteiger partial charge in [-0.05, 0) is 48.6 Å². The molecule has 188 valence electrons. The van der Waals surface area contributed by atoms with Gasteiger partial charge in [0.05, 0.1) is 7.11 Å². The zero-order chi connectivity index (χ0) is 24.9. The van der Waals surface area contributed by atoms with Crippen molar-refractivity contribution in [1.82, 2.24) is 5.32 Å². The highest BCUT2D eigenvalue weighted by molar-refractivity contribution is 7.10. The predicted molar refractivity (Wildman–Crippen MR) is 139 cm³/mol. The van der Waals surface area contributed by atoms with Crippen LogP contribution in [0.5, 0.6) is 17.2 Å². The lowest BCUT2D eigenvalue weighted by atomic mass is 9.95. The topological polar surface area (TPSA) is 77.1 Å². The maximum absolute atomic E-state index is 14.1. The Balaban J connectivity index is 1.52. The van der Waals surface area contributed by atoms with Gasteiger partial charge in [0.2, 0.25) is 12.0 Å². The van der Waals surface area contributed by atoms with Gasteiger partial charge >= 0.3 is 0 Å². The normalized spacial score (nSPS) is 18.2. The first kappa shape index (κ1) is 24.2. The Morgan fingerprint density at radius 1 is 1.03 bits per heavy atom. The fourth-order valence-corrected chi connectivity index (χ4v) is 5.62. The van der Waals surface area contributed by atoms with Crippen molar-refractivity contribution in [2.24, 2.45) is 0 Å². The van der Waals surface area contributed by atoms with Crippen LogP contribution in [-0.2, 0) is 9.59 Å². The summed E-state index contributed by atoms with van der Waals surface area (Å²) in [5, 5.41) is 5.15. The minimum atomic E-state index is -0.906. The molecule has 1 N–H and O–H groups in total. The van der Waals surface area contributed by atoms with Crippen LogP contribution in [-0.4, -0.2) is 37.7 Å². The smallest absolute Gasteiger partial charge is 0.272 e. The van der Waals surface area contributed by atoms with E-state index < -0.39 is 12.1 Å². The third kappa shape index (κ3) is 5.18. The molecular formula is C28H30N2O5S. The third-order valence-corrected chi connectivity index (χ3v) is 7.55. The quantitative estimate of drug-likeness (QED) is 0.481. The van der Waals surface area contributed by atoms with E-state index in [1.807, 2.05) is 53.9 Å². The monoisotopic (exact) mass is 506 g/mol. The fourth-order valence-electron chi connectivity index (χ4n) is 4.81. The third-order valence-electron chi connectivity index (χ3n) is 6.62. The van der Waals surface area contributed by atoms with E-state index in [1.165, 1.54) is 22.7 Å². The average molecular weight is 507 g/mol. The second kappa shape index (κ2) is 11.0. The molecule has 0 bridgehead atoms. The van der Waals surface area contributed by atoms with Crippen LogP contribution >= 0.6 is 11.3 Å². The number of thiophene rings is 1. The second-order valence-corrected chi connectivity index (χ2v) is 10.0. The first-order valence-electron chi connectivity index (χ1n) is 12.3. The molecule has 1 saturated carbocycles. The highest BCUT2D eigenvalue weighted by Crippen LogP contribution is 2.36. The van der Waals surface area contributed by atoms with Crippen molar-refractivity contribution in [3.05, 3.63) is 70.9 Å². The van der Waals surface area contributed by atoms with Crippen molar-refractivity contribution in [3.63, 3.8) is 0 Å². The number of benzene rings is 2. The van der Waals surface area contributed by atoms with E-state index in [4.69, 9.17) is 14.2 Å². The summed E-state index contributed by atoms with van der Waals surface area (Å²) in [6, 6.07) is 17.5. The molecule has 0 spiro atoms. The number of carbonyl (C=O) groups is 2. The molecular weight excluding hydrogens is 476 g/mol. The number of methoxy groups -OCH3 is 1. The molecule has 36 heavy (non-hydrogen) atoms. The van der Waals surface area contributed by atoms with Gasteiger partial charge in [0.25, 0.3) is 5.91 Å². The molecule has 0 radical (unpaired) electrons. The van der Waals surface area contributed by atoms with E-state index in [0.29, 0.717) is 22.9 Å². The summed E-state index contributed by atoms with van der Waals surface area (Å²) in [5.74, 6) is 1.15. The van der Waals surface area contributed by atoms with Gasteiger partial charge in [-0.25, -0.2) is 0 Å². The fraction of sp³-hybridized carbons (Fsp3) is 0.357. The molecule has 0 unspecified atom stereocenters. The van der Waals surface area contributed by atoms with E-state index in [1.54, 1.807) is 19.2 Å². The molecule has 2 atom stereocenters. The van der Waals surface area contributed by atoms with Gasteiger partial charge < -0.3 is 19.5 Å². The Kier molecular flexibility index (Phi) is 7.41. The number of fused-ring (bicyclic) bond motifs is 1. The van der Waals surface area contributed by atoms with Crippen LogP contribution in [0.3, 0.4) is 0 Å². The van der Waals surface area contributed by atoms with Crippen LogP contribution in [0.15, 0.2) is 66.0 Å². The zero-order valence-electron chi connectivity index (χ0n) is 20.2. The zero-order valence-corrected chi connectivity index (χ0v) is 21.0. The molecule has 5 rings (SSSR count). The highest BCUT2D eigenvalue weighted by atomic mass is 32.1. The van der Waals surface area contributed by atoms with Crippen LogP contribution in [0.1, 0.15) is 43.0 Å². The Morgan fingerprint density at radius 2 is 1.83 bits per heavy atom. The van der Waals surface area contributed by atoms with Crippen LogP contribution in [0.2, 0.25) is 0 Å². The number of anilines is 1. The number of hydrogen-bond donors (Lipinski definition) is 1. The van der Waals surface area contributed by atoms with Crippen molar-refractivity contribution < 1.29 is 23.8 Å². The molecule has 8 heteroatoms. The maximum Gasteiger partial charge on any atom is 0.272 e. The molecule has 7 nitrogen and oxygen atoms in total. The maximum atomic E-state index is 14.1. The van der Waals surface area contributed by atoms with Crippen LogP contribution < -0.4 is 24.4 Å². The lowest BCUT2D eigenvalue weighted by Gasteiger charge is -2.36. The highest BCUT2D eigenvalue weighted by Gasteiger charge is 2.40. The van der Waals surface area contributed by atoms with Gasteiger partial charge in [0, 0.05) is 22.7 Å². The lowest BCUT2D eigenvalue weighted by Crippen LogP contribution is -2.52. The molecule has 3 aromatic rings. The summed E-state index contributed by atoms with van der Waals surface area (Å²) in [7, 11) is 1.58. The van der Waals surface area contributed by atoms with E-state index in [0.717, 1.165) is 30.6 Å². The van der Waals surface area contributed by atoms with Gasteiger partial charge in [-0.1, -0.05) is 43.5 Å². The standard InChI is InChI=1S/C28H30N2O5S/c1-33-21-12-7-11-20(17-21)30(28(32)24-18-34-22-13-5-6-14-23(22)35-24)26(25-15-8-16-36-25)27(31)29-19-9-3-2-4-10-19/h5-8,11-17,19,24,26H,2-4,9-10,18H2,1H3,(H,29,31)/t24-,26+/m1/s1. The van der Waals surface area contributed by atoms with Crippen LogP contribution in [0.25, 0.3) is 0 Å². The van der Waals surface area contributed by atoms with Gasteiger partial charge in [-0.15, -0.1) is 11.3 Å². The van der Waals surface area contributed by atoms with Crippen molar-refractivity contribution in [2.75, 3.05) is 18.6 Å². The molecule has 2 aliphatic rings. The number of nitrogens with one attached hydrogen (secondary N) is 1. The minimum Gasteiger partial charge on any atom is -0.497 e. The molecule has 1 aliphatic heterocycles. The van der Waals surface area contributed by atoms with E-state index in [-0.39, 0.29) is 24.5 Å². The Bertz CT molecular complexity index is 1190. The van der Waals surface area contributed by atoms with Gasteiger partial charge in [0.15, 0.2) is 11.5 Å². The first-order valence-corrected chi connectivity index (χ1v) is 13.2. The van der Waals surface area contributed by atoms with Crippen LogP contribution in [0, 0.1) is 0 Å². The molecule has 1 aliphatic carbocycles. The number of carbonyl (C=O) groups excluding carboxylic acids is 2. The van der Waals surface area contributed by atoms with Crippen molar-refractivity contribution in [2.45, 2.75) is 50.3 Å².